The monoisotopic (exact) mass is 341 g/mol. The lowest BCUT2D eigenvalue weighted by atomic mass is 10.2. The van der Waals surface area contributed by atoms with Gasteiger partial charge in [0.25, 0.3) is 0 Å². The van der Waals surface area contributed by atoms with Crippen molar-refractivity contribution >= 4 is 27.7 Å². The Bertz CT molecular complexity index is 555. The molecule has 0 bridgehead atoms. The number of hydrogen-bond donors (Lipinski definition) is 1. The molecule has 0 atom stereocenters. The van der Waals surface area contributed by atoms with Crippen molar-refractivity contribution in [2.75, 3.05) is 0 Å². The minimum atomic E-state index is 0.452. The number of hydrogen-bond acceptors (Lipinski definition) is 5. The lowest BCUT2D eigenvalue weighted by molar-refractivity contribution is 0.584. The average Bonchev–Trinajstić information content (AvgIpc) is 2.75. The molecular formula is C12H16BrN5S. The summed E-state index contributed by atoms with van der Waals surface area (Å²) in [6.07, 6.45) is 0. The van der Waals surface area contributed by atoms with Crippen LogP contribution in [-0.2, 0) is 13.6 Å². The summed E-state index contributed by atoms with van der Waals surface area (Å²) < 4.78 is 2.75. The van der Waals surface area contributed by atoms with E-state index in [-0.39, 0.29) is 0 Å². The fourth-order valence-corrected chi connectivity index (χ4v) is 2.76. The minimum absolute atomic E-state index is 0.452. The molecule has 5 nitrogen and oxygen atoms in total. The van der Waals surface area contributed by atoms with Gasteiger partial charge in [-0.1, -0.05) is 29.8 Å². The molecule has 19 heavy (non-hydrogen) atoms. The van der Waals surface area contributed by atoms with Gasteiger partial charge in [0, 0.05) is 29.0 Å². The van der Waals surface area contributed by atoms with Crippen LogP contribution in [0.5, 0.6) is 0 Å². The van der Waals surface area contributed by atoms with Crippen LogP contribution in [0.15, 0.2) is 32.7 Å². The van der Waals surface area contributed by atoms with E-state index in [1.165, 1.54) is 5.56 Å². The Morgan fingerprint density at radius 1 is 1.42 bits per heavy atom. The number of tetrazole rings is 1. The van der Waals surface area contributed by atoms with Crippen molar-refractivity contribution in [3.8, 4) is 0 Å². The number of halogens is 1. The number of nitrogens with zero attached hydrogens (tertiary/aromatic N) is 4. The molecule has 0 fully saturated rings. The molecular weight excluding hydrogens is 326 g/mol. The molecule has 0 saturated heterocycles. The third kappa shape index (κ3) is 4.02. The smallest absolute Gasteiger partial charge is 0.213 e. The molecule has 1 aromatic heterocycles. The lowest BCUT2D eigenvalue weighted by Crippen LogP contribution is -2.22. The average molecular weight is 342 g/mol. The van der Waals surface area contributed by atoms with Crippen molar-refractivity contribution in [1.29, 1.82) is 0 Å². The molecule has 0 saturated carbocycles. The standard InChI is InChI=1S/C12H16BrN5S/c1-8(2)14-7-9-6-10(13)4-5-11(9)19-12-15-16-17-18(12)3/h4-6,8,14H,7H2,1-3H3. The predicted molar refractivity (Wildman–Crippen MR) is 79.0 cm³/mol. The molecule has 7 heteroatoms. The van der Waals surface area contributed by atoms with E-state index in [0.717, 1.165) is 21.1 Å². The van der Waals surface area contributed by atoms with Crippen molar-refractivity contribution in [2.24, 2.45) is 7.05 Å². The zero-order valence-corrected chi connectivity index (χ0v) is 13.5. The molecule has 0 aliphatic rings. The maximum Gasteiger partial charge on any atom is 0.213 e. The van der Waals surface area contributed by atoms with E-state index in [1.807, 2.05) is 13.1 Å². The molecule has 1 heterocycles. The van der Waals surface area contributed by atoms with Gasteiger partial charge in [-0.05, 0) is 46.0 Å². The zero-order chi connectivity index (χ0) is 13.8. The molecule has 2 rings (SSSR count). The second-order valence-electron chi connectivity index (χ2n) is 4.47. The Morgan fingerprint density at radius 2 is 2.21 bits per heavy atom. The maximum absolute atomic E-state index is 4.00. The molecule has 0 unspecified atom stereocenters. The van der Waals surface area contributed by atoms with Crippen LogP contribution in [0.4, 0.5) is 0 Å². The van der Waals surface area contributed by atoms with Gasteiger partial charge in [0.15, 0.2) is 0 Å². The summed E-state index contributed by atoms with van der Waals surface area (Å²) in [4.78, 5) is 1.16. The van der Waals surface area contributed by atoms with Crippen LogP contribution in [0.2, 0.25) is 0 Å². The van der Waals surface area contributed by atoms with E-state index in [9.17, 15) is 0 Å². The van der Waals surface area contributed by atoms with Crippen molar-refractivity contribution < 1.29 is 0 Å². The fraction of sp³-hybridized carbons (Fsp3) is 0.417. The number of rotatable bonds is 5. The SMILES string of the molecule is CC(C)NCc1cc(Br)ccc1Sc1nnnn1C. The quantitative estimate of drug-likeness (QED) is 0.905. The largest absolute Gasteiger partial charge is 0.310 e. The molecule has 0 radical (unpaired) electrons. The van der Waals surface area contributed by atoms with Gasteiger partial charge >= 0.3 is 0 Å². The van der Waals surface area contributed by atoms with E-state index >= 15 is 0 Å². The molecule has 1 N–H and O–H groups in total. The molecule has 2 aromatic rings. The van der Waals surface area contributed by atoms with E-state index in [1.54, 1.807) is 16.4 Å². The summed E-state index contributed by atoms with van der Waals surface area (Å²) in [6.45, 7) is 5.10. The first kappa shape index (κ1) is 14.5. The molecule has 0 aliphatic carbocycles. The van der Waals surface area contributed by atoms with Gasteiger partial charge in [0.2, 0.25) is 5.16 Å². The van der Waals surface area contributed by atoms with Crippen molar-refractivity contribution in [3.63, 3.8) is 0 Å². The van der Waals surface area contributed by atoms with Crippen molar-refractivity contribution in [3.05, 3.63) is 28.2 Å². The molecule has 0 amide bonds. The van der Waals surface area contributed by atoms with Gasteiger partial charge in [0.1, 0.15) is 0 Å². The third-order valence-corrected chi connectivity index (χ3v) is 4.15. The highest BCUT2D eigenvalue weighted by molar-refractivity contribution is 9.10. The molecule has 0 spiro atoms. The first-order valence-electron chi connectivity index (χ1n) is 5.98. The Balaban J connectivity index is 2.21. The highest BCUT2D eigenvalue weighted by atomic mass is 79.9. The second-order valence-corrected chi connectivity index (χ2v) is 6.40. The van der Waals surface area contributed by atoms with Crippen LogP contribution in [-0.4, -0.2) is 26.2 Å². The lowest BCUT2D eigenvalue weighted by Gasteiger charge is -2.12. The predicted octanol–water partition coefficient (Wildman–Crippen LogP) is 2.62. The van der Waals surface area contributed by atoms with Crippen molar-refractivity contribution in [1.82, 2.24) is 25.5 Å². The Morgan fingerprint density at radius 3 is 2.84 bits per heavy atom. The van der Waals surface area contributed by atoms with E-state index in [0.29, 0.717) is 6.04 Å². The number of benzene rings is 1. The number of nitrogens with one attached hydrogen (secondary N) is 1. The Labute approximate surface area is 125 Å². The van der Waals surface area contributed by atoms with Crippen LogP contribution >= 0.6 is 27.7 Å². The summed E-state index contributed by atoms with van der Waals surface area (Å²) >= 11 is 5.09. The van der Waals surface area contributed by atoms with Gasteiger partial charge in [-0.25, -0.2) is 4.68 Å². The van der Waals surface area contributed by atoms with E-state index in [2.05, 4.69) is 62.8 Å². The van der Waals surface area contributed by atoms with Gasteiger partial charge in [-0.15, -0.1) is 5.10 Å². The van der Waals surface area contributed by atoms with Gasteiger partial charge in [-0.2, -0.15) is 0 Å². The van der Waals surface area contributed by atoms with Gasteiger partial charge in [-0.3, -0.25) is 0 Å². The van der Waals surface area contributed by atoms with Crippen LogP contribution in [0.3, 0.4) is 0 Å². The molecule has 0 aliphatic heterocycles. The summed E-state index contributed by atoms with van der Waals surface area (Å²) in [6, 6.07) is 6.70. The Hall–Kier alpha value is -0.920. The summed E-state index contributed by atoms with van der Waals surface area (Å²) in [5, 5.41) is 15.7. The first-order chi connectivity index (χ1) is 9.06. The fourth-order valence-electron chi connectivity index (χ4n) is 1.51. The highest BCUT2D eigenvalue weighted by Gasteiger charge is 2.10. The summed E-state index contributed by atoms with van der Waals surface area (Å²) in [7, 11) is 1.84. The number of aromatic nitrogens is 4. The minimum Gasteiger partial charge on any atom is -0.310 e. The summed E-state index contributed by atoms with van der Waals surface area (Å²) in [5.41, 5.74) is 1.23. The third-order valence-electron chi connectivity index (χ3n) is 2.51. The number of aryl methyl sites for hydroxylation is 1. The summed E-state index contributed by atoms with van der Waals surface area (Å²) in [5.74, 6) is 0. The Kier molecular flexibility index (Phi) is 4.95. The molecule has 102 valence electrons. The zero-order valence-electron chi connectivity index (χ0n) is 11.1. The maximum atomic E-state index is 4.00. The van der Waals surface area contributed by atoms with Crippen LogP contribution in [0.1, 0.15) is 19.4 Å². The van der Waals surface area contributed by atoms with Gasteiger partial charge < -0.3 is 5.32 Å². The highest BCUT2D eigenvalue weighted by Crippen LogP contribution is 2.30. The normalized spacial score (nSPS) is 11.2. The van der Waals surface area contributed by atoms with E-state index in [4.69, 9.17) is 0 Å². The topological polar surface area (TPSA) is 55.6 Å². The van der Waals surface area contributed by atoms with Crippen molar-refractivity contribution in [2.45, 2.75) is 36.5 Å². The van der Waals surface area contributed by atoms with Gasteiger partial charge in [0.05, 0.1) is 0 Å². The van der Waals surface area contributed by atoms with Crippen LogP contribution < -0.4 is 5.32 Å². The van der Waals surface area contributed by atoms with Crippen LogP contribution in [0, 0.1) is 0 Å². The second kappa shape index (κ2) is 6.49. The molecule has 1 aromatic carbocycles. The van der Waals surface area contributed by atoms with Crippen LogP contribution in [0.25, 0.3) is 0 Å². The van der Waals surface area contributed by atoms with E-state index < -0.39 is 0 Å². The first-order valence-corrected chi connectivity index (χ1v) is 7.59.